The van der Waals surface area contributed by atoms with Gasteiger partial charge in [0.15, 0.2) is 5.69 Å². The van der Waals surface area contributed by atoms with Gasteiger partial charge in [0.05, 0.1) is 19.5 Å². The number of carbonyl (C=O) groups is 1. The van der Waals surface area contributed by atoms with Crippen molar-refractivity contribution in [1.29, 1.82) is 0 Å². The lowest BCUT2D eigenvalue weighted by Gasteiger charge is -2.25. The first kappa shape index (κ1) is 9.89. The van der Waals surface area contributed by atoms with Crippen molar-refractivity contribution in [1.82, 2.24) is 9.97 Å². The third kappa shape index (κ3) is 2.23. The molecule has 1 aliphatic rings. The predicted octanol–water partition coefficient (Wildman–Crippen LogP) is 1.19. The van der Waals surface area contributed by atoms with Crippen molar-refractivity contribution in [2.75, 3.05) is 7.11 Å². The highest BCUT2D eigenvalue weighted by Crippen LogP contribution is 2.23. The summed E-state index contributed by atoms with van der Waals surface area (Å²) in [6.07, 6.45) is 6.37. The quantitative estimate of drug-likeness (QED) is 0.698. The van der Waals surface area contributed by atoms with Gasteiger partial charge in [-0.25, -0.2) is 9.78 Å². The van der Waals surface area contributed by atoms with Crippen molar-refractivity contribution in [2.24, 2.45) is 0 Å². The summed E-state index contributed by atoms with van der Waals surface area (Å²) < 4.78 is 10.0. The largest absolute Gasteiger partial charge is 0.473 e. The molecule has 2 rings (SSSR count). The monoisotopic (exact) mass is 208 g/mol. The van der Waals surface area contributed by atoms with Gasteiger partial charge in [0, 0.05) is 0 Å². The van der Waals surface area contributed by atoms with Crippen LogP contribution in [0.3, 0.4) is 0 Å². The fourth-order valence-electron chi connectivity index (χ4n) is 1.27. The lowest BCUT2D eigenvalue weighted by molar-refractivity contribution is 0.0588. The Morgan fingerprint density at radius 3 is 2.87 bits per heavy atom. The number of hydrogen-bond acceptors (Lipinski definition) is 5. The van der Waals surface area contributed by atoms with Crippen LogP contribution in [0.15, 0.2) is 12.4 Å². The molecular formula is C10H12N2O3. The average molecular weight is 208 g/mol. The van der Waals surface area contributed by atoms with E-state index in [-0.39, 0.29) is 11.8 Å². The van der Waals surface area contributed by atoms with E-state index in [1.807, 2.05) is 0 Å². The molecule has 0 N–H and O–H groups in total. The summed E-state index contributed by atoms with van der Waals surface area (Å²) in [5.74, 6) is -0.107. The van der Waals surface area contributed by atoms with Crippen molar-refractivity contribution in [3.63, 3.8) is 0 Å². The highest BCUT2D eigenvalue weighted by atomic mass is 16.5. The van der Waals surface area contributed by atoms with Gasteiger partial charge < -0.3 is 9.47 Å². The van der Waals surface area contributed by atoms with Gasteiger partial charge in [-0.05, 0) is 19.3 Å². The maximum Gasteiger partial charge on any atom is 0.358 e. The predicted molar refractivity (Wildman–Crippen MR) is 51.6 cm³/mol. The molecule has 1 saturated carbocycles. The van der Waals surface area contributed by atoms with Crippen LogP contribution in [0.5, 0.6) is 5.88 Å². The number of methoxy groups -OCH3 is 1. The third-order valence-electron chi connectivity index (χ3n) is 2.35. The Morgan fingerprint density at radius 1 is 1.47 bits per heavy atom. The van der Waals surface area contributed by atoms with Crippen LogP contribution in [0.4, 0.5) is 0 Å². The van der Waals surface area contributed by atoms with Crippen LogP contribution in [-0.2, 0) is 4.74 Å². The van der Waals surface area contributed by atoms with Crippen LogP contribution in [0, 0.1) is 0 Å². The maximum absolute atomic E-state index is 11.2. The molecule has 0 aliphatic heterocycles. The Bertz CT molecular complexity index is 363. The highest BCUT2D eigenvalue weighted by Gasteiger charge is 2.20. The van der Waals surface area contributed by atoms with Crippen LogP contribution in [-0.4, -0.2) is 29.2 Å². The van der Waals surface area contributed by atoms with E-state index in [1.54, 1.807) is 0 Å². The minimum Gasteiger partial charge on any atom is -0.473 e. The fraction of sp³-hybridized carbons (Fsp3) is 0.500. The first-order valence-corrected chi connectivity index (χ1v) is 4.86. The number of ether oxygens (including phenoxy) is 2. The van der Waals surface area contributed by atoms with Gasteiger partial charge >= 0.3 is 5.97 Å². The van der Waals surface area contributed by atoms with E-state index in [0.29, 0.717) is 5.88 Å². The Morgan fingerprint density at radius 2 is 2.27 bits per heavy atom. The second kappa shape index (κ2) is 4.25. The van der Waals surface area contributed by atoms with Gasteiger partial charge in [0.2, 0.25) is 5.88 Å². The summed E-state index contributed by atoms with van der Waals surface area (Å²) in [5, 5.41) is 0. The van der Waals surface area contributed by atoms with Crippen molar-refractivity contribution in [2.45, 2.75) is 25.4 Å². The van der Waals surface area contributed by atoms with Crippen molar-refractivity contribution in [3.05, 3.63) is 18.1 Å². The number of esters is 1. The van der Waals surface area contributed by atoms with Crippen LogP contribution in [0.2, 0.25) is 0 Å². The normalized spacial score (nSPS) is 15.5. The zero-order valence-electron chi connectivity index (χ0n) is 8.47. The van der Waals surface area contributed by atoms with Crippen LogP contribution < -0.4 is 4.74 Å². The van der Waals surface area contributed by atoms with Gasteiger partial charge in [-0.2, -0.15) is 0 Å². The molecule has 0 atom stereocenters. The van der Waals surface area contributed by atoms with E-state index in [0.717, 1.165) is 12.8 Å². The van der Waals surface area contributed by atoms with E-state index < -0.39 is 5.97 Å². The number of nitrogens with zero attached hydrogens (tertiary/aromatic N) is 2. The molecule has 1 aromatic rings. The number of hydrogen-bond donors (Lipinski definition) is 0. The van der Waals surface area contributed by atoms with Gasteiger partial charge in [-0.3, -0.25) is 4.98 Å². The fourth-order valence-corrected chi connectivity index (χ4v) is 1.27. The first-order valence-electron chi connectivity index (χ1n) is 4.86. The summed E-state index contributed by atoms with van der Waals surface area (Å²) in [6, 6.07) is 0. The number of carbonyl (C=O) groups excluding carboxylic acids is 1. The molecule has 0 amide bonds. The van der Waals surface area contributed by atoms with E-state index in [4.69, 9.17) is 4.74 Å². The number of aromatic nitrogens is 2. The second-order valence-corrected chi connectivity index (χ2v) is 3.40. The first-order chi connectivity index (χ1) is 7.29. The molecule has 0 saturated heterocycles. The summed E-state index contributed by atoms with van der Waals surface area (Å²) in [4.78, 5) is 19.0. The van der Waals surface area contributed by atoms with Crippen LogP contribution >= 0.6 is 0 Å². The molecule has 1 fully saturated rings. The van der Waals surface area contributed by atoms with Gasteiger partial charge in [0.25, 0.3) is 0 Å². The lowest BCUT2D eigenvalue weighted by atomic mass is 9.96. The van der Waals surface area contributed by atoms with Crippen LogP contribution in [0.1, 0.15) is 29.8 Å². The smallest absolute Gasteiger partial charge is 0.358 e. The molecule has 0 bridgehead atoms. The van der Waals surface area contributed by atoms with Gasteiger partial charge in [-0.1, -0.05) is 0 Å². The van der Waals surface area contributed by atoms with Crippen molar-refractivity contribution in [3.8, 4) is 5.88 Å². The zero-order chi connectivity index (χ0) is 10.7. The summed E-state index contributed by atoms with van der Waals surface area (Å²) >= 11 is 0. The average Bonchev–Trinajstić information content (AvgIpc) is 2.23. The van der Waals surface area contributed by atoms with Gasteiger partial charge in [0.1, 0.15) is 6.10 Å². The molecular weight excluding hydrogens is 196 g/mol. The Hall–Kier alpha value is -1.65. The Labute approximate surface area is 87.4 Å². The molecule has 0 unspecified atom stereocenters. The summed E-state index contributed by atoms with van der Waals surface area (Å²) in [5.41, 5.74) is 0.175. The third-order valence-corrected chi connectivity index (χ3v) is 2.35. The molecule has 1 aliphatic carbocycles. The molecule has 0 spiro atoms. The molecule has 1 heterocycles. The van der Waals surface area contributed by atoms with Gasteiger partial charge in [-0.15, -0.1) is 0 Å². The summed E-state index contributed by atoms with van der Waals surface area (Å²) in [6.45, 7) is 0. The molecule has 5 nitrogen and oxygen atoms in total. The minimum absolute atomic E-state index is 0.175. The SMILES string of the molecule is COC(=O)c1cncc(OC2CCC2)n1. The molecule has 80 valence electrons. The second-order valence-electron chi connectivity index (χ2n) is 3.40. The highest BCUT2D eigenvalue weighted by molar-refractivity contribution is 5.86. The molecule has 1 aromatic heterocycles. The minimum atomic E-state index is -0.499. The molecule has 5 heteroatoms. The molecule has 0 aromatic carbocycles. The molecule has 15 heavy (non-hydrogen) atoms. The van der Waals surface area contributed by atoms with Crippen molar-refractivity contribution >= 4 is 5.97 Å². The van der Waals surface area contributed by atoms with E-state index in [1.165, 1.54) is 25.9 Å². The van der Waals surface area contributed by atoms with Crippen molar-refractivity contribution < 1.29 is 14.3 Å². The topological polar surface area (TPSA) is 61.3 Å². The standard InChI is InChI=1S/C10H12N2O3/c1-14-10(13)8-5-11-6-9(12-8)15-7-3-2-4-7/h5-7H,2-4H2,1H3. The van der Waals surface area contributed by atoms with E-state index >= 15 is 0 Å². The van der Waals surface area contributed by atoms with E-state index in [2.05, 4.69) is 14.7 Å². The molecule has 0 radical (unpaired) electrons. The Kier molecular flexibility index (Phi) is 2.80. The number of rotatable bonds is 3. The van der Waals surface area contributed by atoms with E-state index in [9.17, 15) is 4.79 Å². The maximum atomic E-state index is 11.2. The zero-order valence-corrected chi connectivity index (χ0v) is 8.47. The van der Waals surface area contributed by atoms with Crippen LogP contribution in [0.25, 0.3) is 0 Å². The Balaban J connectivity index is 2.07. The lowest BCUT2D eigenvalue weighted by Crippen LogP contribution is -2.25. The summed E-state index contributed by atoms with van der Waals surface area (Å²) in [7, 11) is 1.31.